The van der Waals surface area contributed by atoms with Crippen LogP contribution in [0.2, 0.25) is 5.02 Å². The summed E-state index contributed by atoms with van der Waals surface area (Å²) in [5, 5.41) is 4.07. The van der Waals surface area contributed by atoms with Gasteiger partial charge in [0.2, 0.25) is 0 Å². The largest absolute Gasteiger partial charge is 0.310 e. The Hall–Kier alpha value is -0.600. The lowest BCUT2D eigenvalue weighted by Gasteiger charge is -2.19. The van der Waals surface area contributed by atoms with Crippen molar-refractivity contribution in [1.82, 2.24) is 5.32 Å². The third-order valence-electron chi connectivity index (χ3n) is 3.32. The van der Waals surface area contributed by atoms with Crippen LogP contribution in [0.1, 0.15) is 31.9 Å². The number of hydrogen-bond donors (Lipinski definition) is 1. The lowest BCUT2D eigenvalue weighted by atomic mass is 10.0. The van der Waals surface area contributed by atoms with Gasteiger partial charge in [-0.25, -0.2) is 4.39 Å². The van der Waals surface area contributed by atoms with Crippen molar-refractivity contribution in [2.24, 2.45) is 11.8 Å². The third-order valence-corrected chi connectivity index (χ3v) is 3.66. The topological polar surface area (TPSA) is 12.0 Å². The molecule has 1 N–H and O–H groups in total. The van der Waals surface area contributed by atoms with Crippen molar-refractivity contribution in [3.05, 3.63) is 34.6 Å². The Morgan fingerprint density at radius 3 is 2.81 bits per heavy atom. The first-order valence-electron chi connectivity index (χ1n) is 5.81. The van der Waals surface area contributed by atoms with Gasteiger partial charge in [0.25, 0.3) is 0 Å². The molecule has 16 heavy (non-hydrogen) atoms. The van der Waals surface area contributed by atoms with Gasteiger partial charge < -0.3 is 5.32 Å². The van der Waals surface area contributed by atoms with Crippen molar-refractivity contribution in [1.29, 1.82) is 0 Å². The van der Waals surface area contributed by atoms with Crippen molar-refractivity contribution < 1.29 is 4.39 Å². The Morgan fingerprint density at radius 2 is 2.25 bits per heavy atom. The fourth-order valence-corrected chi connectivity index (χ4v) is 2.52. The van der Waals surface area contributed by atoms with E-state index in [0.717, 1.165) is 12.1 Å². The van der Waals surface area contributed by atoms with Crippen LogP contribution in [0.3, 0.4) is 0 Å². The van der Waals surface area contributed by atoms with Crippen molar-refractivity contribution in [3.63, 3.8) is 0 Å². The Balaban J connectivity index is 2.27. The van der Waals surface area contributed by atoms with Crippen LogP contribution in [0, 0.1) is 17.7 Å². The molecule has 1 nitrogen and oxygen atoms in total. The molecular formula is C13H17ClFN. The number of nitrogens with one attached hydrogen (secondary N) is 1. The minimum absolute atomic E-state index is 0.197. The molecule has 0 saturated heterocycles. The zero-order valence-corrected chi connectivity index (χ0v) is 10.4. The molecule has 0 amide bonds. The number of rotatable bonds is 4. The van der Waals surface area contributed by atoms with E-state index in [1.807, 2.05) is 0 Å². The first kappa shape index (κ1) is 11.9. The van der Waals surface area contributed by atoms with Crippen LogP contribution in [0.25, 0.3) is 0 Å². The highest BCUT2D eigenvalue weighted by molar-refractivity contribution is 6.31. The van der Waals surface area contributed by atoms with Crippen LogP contribution in [0.4, 0.5) is 4.39 Å². The lowest BCUT2D eigenvalue weighted by molar-refractivity contribution is 0.473. The van der Waals surface area contributed by atoms with Gasteiger partial charge in [0.15, 0.2) is 0 Å². The molecule has 3 heteroatoms. The molecule has 2 rings (SSSR count). The summed E-state index contributed by atoms with van der Waals surface area (Å²) in [5.41, 5.74) is 0.901. The molecule has 1 aromatic rings. The monoisotopic (exact) mass is 241 g/mol. The standard InChI is InChI=1S/C13H17ClFN/c1-3-16-13(10-6-8(10)2)11-7-9(15)4-5-12(11)14/h4-5,7-8,10,13,16H,3,6H2,1-2H3. The second kappa shape index (κ2) is 4.72. The van der Waals surface area contributed by atoms with E-state index in [1.165, 1.54) is 12.5 Å². The first-order valence-corrected chi connectivity index (χ1v) is 6.19. The average Bonchev–Trinajstić information content (AvgIpc) is 2.96. The molecule has 1 aromatic carbocycles. The van der Waals surface area contributed by atoms with Crippen molar-refractivity contribution in [2.45, 2.75) is 26.3 Å². The number of benzene rings is 1. The summed E-state index contributed by atoms with van der Waals surface area (Å²) in [5.74, 6) is 1.10. The van der Waals surface area contributed by atoms with Gasteiger partial charge >= 0.3 is 0 Å². The van der Waals surface area contributed by atoms with Gasteiger partial charge in [-0.15, -0.1) is 0 Å². The van der Waals surface area contributed by atoms with Gasteiger partial charge in [-0.3, -0.25) is 0 Å². The second-order valence-corrected chi connectivity index (χ2v) is 4.99. The molecule has 1 aliphatic carbocycles. The summed E-state index contributed by atoms with van der Waals surface area (Å²) < 4.78 is 13.2. The molecule has 0 aromatic heterocycles. The normalized spacial score (nSPS) is 25.5. The molecule has 3 atom stereocenters. The summed E-state index contributed by atoms with van der Waals surface area (Å²) in [6.45, 7) is 5.16. The molecule has 1 fully saturated rings. The summed E-state index contributed by atoms with van der Waals surface area (Å²) in [4.78, 5) is 0. The van der Waals surface area contributed by atoms with Gasteiger partial charge in [0.1, 0.15) is 5.82 Å². The zero-order valence-electron chi connectivity index (χ0n) is 9.63. The first-order chi connectivity index (χ1) is 7.63. The molecule has 88 valence electrons. The Morgan fingerprint density at radius 1 is 1.56 bits per heavy atom. The molecule has 0 heterocycles. The van der Waals surface area contributed by atoms with Gasteiger partial charge in [0, 0.05) is 11.1 Å². The Bertz CT molecular complexity index is 380. The predicted octanol–water partition coefficient (Wildman–Crippen LogP) is 3.79. The minimum atomic E-state index is -0.212. The highest BCUT2D eigenvalue weighted by Gasteiger charge is 2.40. The zero-order chi connectivity index (χ0) is 11.7. The van der Waals surface area contributed by atoms with Crippen molar-refractivity contribution >= 4 is 11.6 Å². The summed E-state index contributed by atoms with van der Waals surface area (Å²) in [6, 6.07) is 4.80. The van der Waals surface area contributed by atoms with Crippen LogP contribution >= 0.6 is 11.6 Å². The maximum absolute atomic E-state index is 13.2. The average molecular weight is 242 g/mol. The van der Waals surface area contributed by atoms with Crippen LogP contribution < -0.4 is 5.32 Å². The Kier molecular flexibility index (Phi) is 3.50. The van der Waals surface area contributed by atoms with E-state index in [9.17, 15) is 4.39 Å². The van der Waals surface area contributed by atoms with Gasteiger partial charge in [-0.2, -0.15) is 0 Å². The van der Waals surface area contributed by atoms with Crippen LogP contribution in [-0.2, 0) is 0 Å². The molecule has 1 saturated carbocycles. The summed E-state index contributed by atoms with van der Waals surface area (Å²) in [6.07, 6.45) is 1.20. The van der Waals surface area contributed by atoms with E-state index >= 15 is 0 Å². The van der Waals surface area contributed by atoms with E-state index in [-0.39, 0.29) is 11.9 Å². The molecule has 0 bridgehead atoms. The molecule has 0 radical (unpaired) electrons. The summed E-state index contributed by atoms with van der Waals surface area (Å²) in [7, 11) is 0. The molecule has 0 aliphatic heterocycles. The maximum atomic E-state index is 13.2. The van der Waals surface area contributed by atoms with Gasteiger partial charge in [-0.05, 0) is 48.6 Å². The highest BCUT2D eigenvalue weighted by Crippen LogP contribution is 2.48. The predicted molar refractivity (Wildman–Crippen MR) is 65.1 cm³/mol. The van der Waals surface area contributed by atoms with Crippen molar-refractivity contribution in [3.8, 4) is 0 Å². The lowest BCUT2D eigenvalue weighted by Crippen LogP contribution is -2.23. The smallest absolute Gasteiger partial charge is 0.123 e. The van der Waals surface area contributed by atoms with E-state index in [4.69, 9.17) is 11.6 Å². The maximum Gasteiger partial charge on any atom is 0.123 e. The second-order valence-electron chi connectivity index (χ2n) is 4.58. The summed E-state index contributed by atoms with van der Waals surface area (Å²) >= 11 is 6.14. The van der Waals surface area contributed by atoms with Crippen LogP contribution in [-0.4, -0.2) is 6.54 Å². The molecule has 1 aliphatic rings. The quantitative estimate of drug-likeness (QED) is 0.846. The van der Waals surface area contributed by atoms with Crippen LogP contribution in [0.5, 0.6) is 0 Å². The fourth-order valence-electron chi connectivity index (χ4n) is 2.28. The fraction of sp³-hybridized carbons (Fsp3) is 0.538. The van der Waals surface area contributed by atoms with Crippen molar-refractivity contribution in [2.75, 3.05) is 6.54 Å². The number of hydrogen-bond acceptors (Lipinski definition) is 1. The van der Waals surface area contributed by atoms with E-state index in [2.05, 4.69) is 19.2 Å². The van der Waals surface area contributed by atoms with Gasteiger partial charge in [-0.1, -0.05) is 25.4 Å². The highest BCUT2D eigenvalue weighted by atomic mass is 35.5. The van der Waals surface area contributed by atoms with E-state index < -0.39 is 0 Å². The van der Waals surface area contributed by atoms with Gasteiger partial charge in [0.05, 0.1) is 0 Å². The van der Waals surface area contributed by atoms with E-state index in [0.29, 0.717) is 16.9 Å². The molecular weight excluding hydrogens is 225 g/mol. The third kappa shape index (κ3) is 2.38. The SMILES string of the molecule is CCNC(c1cc(F)ccc1Cl)C1CC1C. The van der Waals surface area contributed by atoms with Crippen LogP contribution in [0.15, 0.2) is 18.2 Å². The molecule has 3 unspecified atom stereocenters. The van der Waals surface area contributed by atoms with E-state index in [1.54, 1.807) is 12.1 Å². The minimum Gasteiger partial charge on any atom is -0.310 e. The Labute approximate surface area is 101 Å². The number of halogens is 2. The molecule has 0 spiro atoms.